The highest BCUT2D eigenvalue weighted by molar-refractivity contribution is 7.92. The molecular weight excluding hydrogens is 436 g/mol. The molecular formula is C20H22ClF2N3O3S. The summed E-state index contributed by atoms with van der Waals surface area (Å²) in [4.78, 5) is 16.0. The lowest BCUT2D eigenvalue weighted by molar-refractivity contribution is 0.0459. The lowest BCUT2D eigenvalue weighted by atomic mass is 10.2. The second-order valence-electron chi connectivity index (χ2n) is 6.96. The van der Waals surface area contributed by atoms with Gasteiger partial charge in [-0.05, 0) is 36.4 Å². The molecule has 2 aromatic carbocycles. The molecule has 0 aliphatic carbocycles. The summed E-state index contributed by atoms with van der Waals surface area (Å²) in [6.07, 6.45) is -2.41. The number of hydrogen-bond acceptors (Lipinski definition) is 4. The first-order valence-corrected chi connectivity index (χ1v) is 11.1. The van der Waals surface area contributed by atoms with Gasteiger partial charge >= 0.3 is 0 Å². The molecule has 0 radical (unpaired) electrons. The molecule has 0 bridgehead atoms. The van der Waals surface area contributed by atoms with Crippen molar-refractivity contribution in [3.63, 3.8) is 0 Å². The van der Waals surface area contributed by atoms with Gasteiger partial charge in [0.05, 0.1) is 17.1 Å². The van der Waals surface area contributed by atoms with E-state index < -0.39 is 16.4 Å². The highest BCUT2D eigenvalue weighted by Crippen LogP contribution is 2.25. The van der Waals surface area contributed by atoms with Crippen LogP contribution < -0.4 is 4.31 Å². The fourth-order valence-corrected chi connectivity index (χ4v) is 4.69. The molecule has 1 amide bonds. The Hall–Kier alpha value is -2.23. The largest absolute Gasteiger partial charge is 0.336 e. The van der Waals surface area contributed by atoms with Crippen molar-refractivity contribution in [3.05, 3.63) is 59.1 Å². The second kappa shape index (κ2) is 9.28. The van der Waals surface area contributed by atoms with Crippen LogP contribution in [-0.4, -0.2) is 70.3 Å². The van der Waals surface area contributed by atoms with Gasteiger partial charge in [-0.15, -0.1) is 0 Å². The Balaban J connectivity index is 1.76. The van der Waals surface area contributed by atoms with Gasteiger partial charge in [0.2, 0.25) is 0 Å². The molecule has 0 aromatic heterocycles. The number of benzene rings is 2. The lowest BCUT2D eigenvalue weighted by Gasteiger charge is -2.34. The number of amides is 1. The number of anilines is 1. The molecule has 1 saturated heterocycles. The number of piperazine rings is 1. The zero-order valence-corrected chi connectivity index (χ0v) is 17.9. The van der Waals surface area contributed by atoms with Crippen LogP contribution >= 0.6 is 11.6 Å². The Morgan fingerprint density at radius 1 is 1.10 bits per heavy atom. The Labute approximate surface area is 179 Å². The zero-order valence-electron chi connectivity index (χ0n) is 16.3. The summed E-state index contributed by atoms with van der Waals surface area (Å²) in [5.41, 5.74) is 0.632. The third kappa shape index (κ3) is 5.08. The zero-order chi connectivity index (χ0) is 21.9. The van der Waals surface area contributed by atoms with Crippen molar-refractivity contribution < 1.29 is 22.0 Å². The molecule has 1 heterocycles. The van der Waals surface area contributed by atoms with E-state index in [2.05, 4.69) is 0 Å². The topological polar surface area (TPSA) is 60.9 Å². The van der Waals surface area contributed by atoms with Gasteiger partial charge in [-0.25, -0.2) is 17.2 Å². The van der Waals surface area contributed by atoms with E-state index in [1.807, 2.05) is 0 Å². The maximum absolute atomic E-state index is 13.0. The van der Waals surface area contributed by atoms with Crippen molar-refractivity contribution in [2.45, 2.75) is 11.3 Å². The summed E-state index contributed by atoms with van der Waals surface area (Å²) in [6, 6.07) is 12.3. The minimum atomic E-state index is -3.91. The first-order valence-electron chi connectivity index (χ1n) is 9.33. The van der Waals surface area contributed by atoms with Gasteiger partial charge < -0.3 is 4.90 Å². The van der Waals surface area contributed by atoms with E-state index in [-0.39, 0.29) is 22.9 Å². The summed E-state index contributed by atoms with van der Waals surface area (Å²) in [7, 11) is -2.49. The molecule has 2 aromatic rings. The second-order valence-corrected chi connectivity index (χ2v) is 9.37. The van der Waals surface area contributed by atoms with Crippen LogP contribution in [0, 0.1) is 0 Å². The number of carbonyl (C=O) groups excluding carboxylic acids is 1. The molecule has 6 nitrogen and oxygen atoms in total. The molecule has 3 rings (SSSR count). The minimum absolute atomic E-state index is 0.0211. The van der Waals surface area contributed by atoms with Crippen molar-refractivity contribution in [1.82, 2.24) is 9.80 Å². The van der Waals surface area contributed by atoms with E-state index in [4.69, 9.17) is 11.6 Å². The molecule has 0 atom stereocenters. The summed E-state index contributed by atoms with van der Waals surface area (Å²) < 4.78 is 52.2. The first kappa shape index (κ1) is 22.5. The number of nitrogens with zero attached hydrogens (tertiary/aromatic N) is 3. The molecule has 0 unspecified atom stereocenters. The van der Waals surface area contributed by atoms with Gasteiger partial charge in [-0.3, -0.25) is 14.0 Å². The Bertz CT molecular complexity index is 1010. The maximum Gasteiger partial charge on any atom is 0.264 e. The number of alkyl halides is 2. The van der Waals surface area contributed by atoms with Gasteiger partial charge in [0.1, 0.15) is 0 Å². The lowest BCUT2D eigenvalue weighted by Crippen LogP contribution is -2.49. The quantitative estimate of drug-likeness (QED) is 0.668. The fraction of sp³-hybridized carbons (Fsp3) is 0.350. The van der Waals surface area contributed by atoms with E-state index in [1.165, 1.54) is 31.3 Å². The summed E-state index contributed by atoms with van der Waals surface area (Å²) in [5.74, 6) is -0.325. The van der Waals surface area contributed by atoms with Crippen LogP contribution in [0.1, 0.15) is 10.4 Å². The third-order valence-corrected chi connectivity index (χ3v) is 6.98. The summed E-state index contributed by atoms with van der Waals surface area (Å²) in [6.45, 7) is 1.01. The van der Waals surface area contributed by atoms with Gasteiger partial charge in [0, 0.05) is 43.8 Å². The van der Waals surface area contributed by atoms with Gasteiger partial charge in [0.15, 0.2) is 0 Å². The number of carbonyl (C=O) groups is 1. The Morgan fingerprint density at radius 3 is 2.40 bits per heavy atom. The summed E-state index contributed by atoms with van der Waals surface area (Å²) in [5, 5.41) is 0.407. The molecule has 30 heavy (non-hydrogen) atoms. The van der Waals surface area contributed by atoms with Crippen molar-refractivity contribution in [2.75, 3.05) is 44.1 Å². The molecule has 0 spiro atoms. The fourth-order valence-electron chi connectivity index (χ4n) is 3.27. The van der Waals surface area contributed by atoms with Gasteiger partial charge in [0.25, 0.3) is 22.4 Å². The van der Waals surface area contributed by atoms with Crippen LogP contribution in [0.25, 0.3) is 0 Å². The number of hydrogen-bond donors (Lipinski definition) is 0. The number of halogens is 3. The smallest absolute Gasteiger partial charge is 0.264 e. The molecule has 1 aliphatic heterocycles. The predicted octanol–water partition coefficient (Wildman–Crippen LogP) is 3.19. The standard InChI is InChI=1S/C20H22ClF2N3O3S/c1-24(17-6-3-5-16(21)13-17)30(28,29)18-7-2-4-15(12-18)20(27)26-10-8-25(9-11-26)14-19(22)23/h2-7,12-13,19H,8-11,14H2,1H3. The van der Waals surface area contributed by atoms with Crippen LogP contribution in [0.5, 0.6) is 0 Å². The van der Waals surface area contributed by atoms with E-state index in [9.17, 15) is 22.0 Å². The molecule has 0 saturated carbocycles. The van der Waals surface area contributed by atoms with E-state index >= 15 is 0 Å². The van der Waals surface area contributed by atoms with Crippen molar-refractivity contribution >= 4 is 33.2 Å². The average Bonchev–Trinajstić information content (AvgIpc) is 2.73. The average molecular weight is 458 g/mol. The molecule has 1 aliphatic rings. The van der Waals surface area contributed by atoms with Gasteiger partial charge in [-0.1, -0.05) is 23.7 Å². The molecule has 10 heteroatoms. The van der Waals surface area contributed by atoms with Crippen LogP contribution in [-0.2, 0) is 10.0 Å². The Morgan fingerprint density at radius 2 is 1.77 bits per heavy atom. The molecule has 1 fully saturated rings. The monoisotopic (exact) mass is 457 g/mol. The van der Waals surface area contributed by atoms with Crippen molar-refractivity contribution in [1.29, 1.82) is 0 Å². The Kier molecular flexibility index (Phi) is 6.95. The van der Waals surface area contributed by atoms with Crippen molar-refractivity contribution in [2.24, 2.45) is 0 Å². The van der Waals surface area contributed by atoms with Crippen LogP contribution in [0.3, 0.4) is 0 Å². The van der Waals surface area contributed by atoms with E-state index in [1.54, 1.807) is 34.1 Å². The predicted molar refractivity (Wildman–Crippen MR) is 112 cm³/mol. The van der Waals surface area contributed by atoms with Crippen LogP contribution in [0.2, 0.25) is 5.02 Å². The SMILES string of the molecule is CN(c1cccc(Cl)c1)S(=O)(=O)c1cccc(C(=O)N2CCN(CC(F)F)CC2)c1. The normalized spacial score (nSPS) is 15.4. The van der Waals surface area contributed by atoms with Gasteiger partial charge in [-0.2, -0.15) is 0 Å². The highest BCUT2D eigenvalue weighted by atomic mass is 35.5. The van der Waals surface area contributed by atoms with Crippen LogP contribution in [0.4, 0.5) is 14.5 Å². The first-order chi connectivity index (χ1) is 14.2. The molecule has 162 valence electrons. The maximum atomic E-state index is 13.0. The number of sulfonamides is 1. The van der Waals surface area contributed by atoms with E-state index in [0.717, 1.165) is 4.31 Å². The number of rotatable bonds is 6. The third-order valence-electron chi connectivity index (χ3n) is 4.97. The summed E-state index contributed by atoms with van der Waals surface area (Å²) >= 11 is 5.96. The van der Waals surface area contributed by atoms with Crippen LogP contribution in [0.15, 0.2) is 53.4 Å². The highest BCUT2D eigenvalue weighted by Gasteiger charge is 2.26. The molecule has 0 N–H and O–H groups in total. The van der Waals surface area contributed by atoms with Crippen molar-refractivity contribution in [3.8, 4) is 0 Å². The van der Waals surface area contributed by atoms with E-state index in [0.29, 0.717) is 36.9 Å². The minimum Gasteiger partial charge on any atom is -0.336 e.